The van der Waals surface area contributed by atoms with Crippen LogP contribution in [0.4, 0.5) is 4.39 Å². The fraction of sp³-hybridized carbons (Fsp3) is 0.222. The smallest absolute Gasteiger partial charge is 0.251 e. The summed E-state index contributed by atoms with van der Waals surface area (Å²) in [6.45, 7) is 0.592. The van der Waals surface area contributed by atoms with Gasteiger partial charge in [0.15, 0.2) is 0 Å². The molecule has 0 unspecified atom stereocenters. The van der Waals surface area contributed by atoms with E-state index in [1.54, 1.807) is 0 Å². The zero-order chi connectivity index (χ0) is 10.6. The maximum absolute atomic E-state index is 12.7. The van der Waals surface area contributed by atoms with E-state index in [2.05, 4.69) is 27.9 Å². The molecule has 2 nitrogen and oxygen atoms in total. The van der Waals surface area contributed by atoms with Crippen molar-refractivity contribution in [1.82, 2.24) is 5.32 Å². The van der Waals surface area contributed by atoms with E-state index < -0.39 is 5.82 Å². The maximum atomic E-state index is 12.7. The summed E-state index contributed by atoms with van der Waals surface area (Å²) in [5, 5.41) is 2.63. The van der Waals surface area contributed by atoms with Crippen molar-refractivity contribution < 1.29 is 9.18 Å². The van der Waals surface area contributed by atoms with E-state index in [0.717, 1.165) is 4.43 Å². The standard InChI is InChI=1S/C9H8ClFINO/c10-7-5-6(1-2-8(7)11)9(14)13-4-3-12/h1-2,5H,3-4H2,(H,13,14). The topological polar surface area (TPSA) is 29.1 Å². The van der Waals surface area contributed by atoms with Crippen LogP contribution in [0, 0.1) is 5.82 Å². The molecule has 1 rings (SSSR count). The first-order valence-electron chi connectivity index (χ1n) is 3.94. The van der Waals surface area contributed by atoms with Crippen molar-refractivity contribution in [2.75, 3.05) is 11.0 Å². The quantitative estimate of drug-likeness (QED) is 0.671. The molecule has 0 aromatic heterocycles. The summed E-state index contributed by atoms with van der Waals surface area (Å²) in [7, 11) is 0. The highest BCUT2D eigenvalue weighted by Gasteiger charge is 2.07. The molecule has 0 aliphatic heterocycles. The van der Waals surface area contributed by atoms with Gasteiger partial charge in [0.25, 0.3) is 5.91 Å². The van der Waals surface area contributed by atoms with Crippen molar-refractivity contribution in [3.8, 4) is 0 Å². The lowest BCUT2D eigenvalue weighted by atomic mass is 10.2. The van der Waals surface area contributed by atoms with Crippen molar-refractivity contribution in [1.29, 1.82) is 0 Å². The summed E-state index contributed by atoms with van der Waals surface area (Å²) in [4.78, 5) is 11.4. The number of amides is 1. The summed E-state index contributed by atoms with van der Waals surface area (Å²) in [6, 6.07) is 3.91. The Kier molecular flexibility index (Phi) is 4.60. The van der Waals surface area contributed by atoms with E-state index in [9.17, 15) is 9.18 Å². The molecule has 0 heterocycles. The second-order valence-electron chi connectivity index (χ2n) is 2.57. The van der Waals surface area contributed by atoms with Crippen LogP contribution in [0.1, 0.15) is 10.4 Å². The highest BCUT2D eigenvalue weighted by molar-refractivity contribution is 14.1. The molecule has 1 aromatic rings. The van der Waals surface area contributed by atoms with E-state index in [4.69, 9.17) is 11.6 Å². The average Bonchev–Trinajstić information content (AvgIpc) is 2.18. The largest absolute Gasteiger partial charge is 0.351 e. The fourth-order valence-corrected chi connectivity index (χ4v) is 1.35. The molecule has 0 radical (unpaired) electrons. The molecular weight excluding hydrogens is 319 g/mol. The Hall–Kier alpha value is -0.360. The molecule has 0 fully saturated rings. The SMILES string of the molecule is O=C(NCCI)c1ccc(F)c(Cl)c1. The molecule has 0 saturated heterocycles. The van der Waals surface area contributed by atoms with E-state index in [1.807, 2.05) is 0 Å². The predicted molar refractivity (Wildman–Crippen MR) is 62.6 cm³/mol. The van der Waals surface area contributed by atoms with Gasteiger partial charge < -0.3 is 5.32 Å². The first kappa shape index (κ1) is 11.7. The van der Waals surface area contributed by atoms with Crippen LogP contribution in [0.3, 0.4) is 0 Å². The zero-order valence-electron chi connectivity index (χ0n) is 7.19. The fourth-order valence-electron chi connectivity index (χ4n) is 0.900. The van der Waals surface area contributed by atoms with Gasteiger partial charge in [0.05, 0.1) is 5.02 Å². The molecule has 1 amide bonds. The molecule has 0 aliphatic rings. The average molecular weight is 328 g/mol. The van der Waals surface area contributed by atoms with E-state index in [1.165, 1.54) is 18.2 Å². The number of carbonyl (C=O) groups is 1. The lowest BCUT2D eigenvalue weighted by molar-refractivity contribution is 0.0956. The van der Waals surface area contributed by atoms with Crippen LogP contribution in [-0.2, 0) is 0 Å². The van der Waals surface area contributed by atoms with E-state index in [0.29, 0.717) is 12.1 Å². The number of hydrogen-bond acceptors (Lipinski definition) is 1. The Morgan fingerprint density at radius 3 is 2.86 bits per heavy atom. The highest BCUT2D eigenvalue weighted by atomic mass is 127. The monoisotopic (exact) mass is 327 g/mol. The lowest BCUT2D eigenvalue weighted by Gasteiger charge is -2.03. The molecule has 1 N–H and O–H groups in total. The van der Waals surface area contributed by atoms with Gasteiger partial charge >= 0.3 is 0 Å². The van der Waals surface area contributed by atoms with Gasteiger partial charge in [-0.15, -0.1) is 0 Å². The number of rotatable bonds is 3. The van der Waals surface area contributed by atoms with Crippen LogP contribution in [0.2, 0.25) is 5.02 Å². The Labute approximate surface area is 100.0 Å². The van der Waals surface area contributed by atoms with Crippen LogP contribution in [-0.4, -0.2) is 16.9 Å². The first-order valence-corrected chi connectivity index (χ1v) is 5.84. The Balaban J connectivity index is 2.76. The van der Waals surface area contributed by atoms with Crippen molar-refractivity contribution in [3.05, 3.63) is 34.6 Å². The second kappa shape index (κ2) is 5.50. The van der Waals surface area contributed by atoms with Crippen molar-refractivity contribution >= 4 is 40.1 Å². The highest BCUT2D eigenvalue weighted by Crippen LogP contribution is 2.15. The van der Waals surface area contributed by atoms with E-state index >= 15 is 0 Å². The molecular formula is C9H8ClFINO. The summed E-state index contributed by atoms with van der Waals surface area (Å²) in [5.74, 6) is -0.749. The Morgan fingerprint density at radius 1 is 1.57 bits per heavy atom. The van der Waals surface area contributed by atoms with Gasteiger partial charge in [-0.2, -0.15) is 0 Å². The minimum Gasteiger partial charge on any atom is -0.351 e. The van der Waals surface area contributed by atoms with E-state index in [-0.39, 0.29) is 10.9 Å². The van der Waals surface area contributed by atoms with Crippen LogP contribution in [0.5, 0.6) is 0 Å². The van der Waals surface area contributed by atoms with Gasteiger partial charge in [-0.3, -0.25) is 4.79 Å². The molecule has 0 aliphatic carbocycles. The van der Waals surface area contributed by atoms with Gasteiger partial charge in [-0.05, 0) is 18.2 Å². The molecule has 0 saturated carbocycles. The second-order valence-corrected chi connectivity index (χ2v) is 4.06. The van der Waals surface area contributed by atoms with Gasteiger partial charge in [0.1, 0.15) is 5.82 Å². The number of alkyl halides is 1. The number of nitrogens with one attached hydrogen (secondary N) is 1. The molecule has 14 heavy (non-hydrogen) atoms. The summed E-state index contributed by atoms with van der Waals surface area (Å²) in [5.41, 5.74) is 0.376. The molecule has 0 atom stereocenters. The minimum absolute atomic E-state index is 0.0351. The van der Waals surface area contributed by atoms with Gasteiger partial charge in [-0.25, -0.2) is 4.39 Å². The molecule has 1 aromatic carbocycles. The van der Waals surface area contributed by atoms with Gasteiger partial charge in [0.2, 0.25) is 0 Å². The van der Waals surface area contributed by atoms with Crippen molar-refractivity contribution in [2.45, 2.75) is 0 Å². The molecule has 0 spiro atoms. The van der Waals surface area contributed by atoms with Crippen molar-refractivity contribution in [3.63, 3.8) is 0 Å². The van der Waals surface area contributed by atoms with Crippen LogP contribution < -0.4 is 5.32 Å². The molecule has 76 valence electrons. The Bertz CT molecular complexity index is 346. The van der Waals surface area contributed by atoms with Crippen molar-refractivity contribution in [2.24, 2.45) is 0 Å². The molecule has 0 bridgehead atoms. The van der Waals surface area contributed by atoms with Crippen LogP contribution in [0.25, 0.3) is 0 Å². The summed E-state index contributed by atoms with van der Waals surface area (Å²) < 4.78 is 13.6. The number of benzene rings is 1. The predicted octanol–water partition coefficient (Wildman–Crippen LogP) is 2.64. The first-order chi connectivity index (χ1) is 6.65. The third kappa shape index (κ3) is 3.09. The molecule has 5 heteroatoms. The maximum Gasteiger partial charge on any atom is 0.251 e. The number of hydrogen-bond donors (Lipinski definition) is 1. The number of carbonyl (C=O) groups excluding carboxylic acids is 1. The normalized spacial score (nSPS) is 9.93. The van der Waals surface area contributed by atoms with Gasteiger partial charge in [-0.1, -0.05) is 34.2 Å². The Morgan fingerprint density at radius 2 is 2.29 bits per heavy atom. The van der Waals surface area contributed by atoms with Gasteiger partial charge in [0, 0.05) is 16.5 Å². The van der Waals surface area contributed by atoms with Crippen LogP contribution in [0.15, 0.2) is 18.2 Å². The lowest BCUT2D eigenvalue weighted by Crippen LogP contribution is -2.25. The minimum atomic E-state index is -0.517. The van der Waals surface area contributed by atoms with Crippen LogP contribution >= 0.6 is 34.2 Å². The summed E-state index contributed by atoms with van der Waals surface area (Å²) >= 11 is 7.69. The number of halogens is 3. The third-order valence-electron chi connectivity index (χ3n) is 1.56. The zero-order valence-corrected chi connectivity index (χ0v) is 10.1. The summed E-state index contributed by atoms with van der Waals surface area (Å²) in [6.07, 6.45) is 0. The third-order valence-corrected chi connectivity index (χ3v) is 2.39.